The number of hydrogen-bond acceptors (Lipinski definition) is 3. The molecule has 0 aromatic heterocycles. The van der Waals surface area contributed by atoms with Gasteiger partial charge in [-0.05, 0) is 37.6 Å². The van der Waals surface area contributed by atoms with Crippen LogP contribution >= 0.6 is 0 Å². The second-order valence-electron chi connectivity index (χ2n) is 5.35. The van der Waals surface area contributed by atoms with E-state index in [0.29, 0.717) is 23.8 Å². The van der Waals surface area contributed by atoms with Crippen molar-refractivity contribution in [2.45, 2.75) is 27.2 Å². The Labute approximate surface area is 116 Å². The molecule has 4 heteroatoms. The Balaban J connectivity index is 2.51. The molecule has 0 bridgehead atoms. The zero-order chi connectivity index (χ0) is 14.4. The van der Waals surface area contributed by atoms with Gasteiger partial charge in [0, 0.05) is 6.54 Å². The Hall–Kier alpha value is -1.55. The summed E-state index contributed by atoms with van der Waals surface area (Å²) >= 11 is 0. The van der Waals surface area contributed by atoms with Gasteiger partial charge in [0.2, 0.25) is 5.91 Å². The molecule has 0 heterocycles. The Bertz CT molecular complexity index is 431. The van der Waals surface area contributed by atoms with Gasteiger partial charge in [0.15, 0.2) is 0 Å². The zero-order valence-electron chi connectivity index (χ0n) is 12.4. The lowest BCUT2D eigenvalue weighted by molar-refractivity contribution is -0.117. The molecule has 0 aliphatic carbocycles. The smallest absolute Gasteiger partial charge is 0.238 e. The average Bonchev–Trinajstić information content (AvgIpc) is 2.32. The highest BCUT2D eigenvalue weighted by molar-refractivity contribution is 5.95. The van der Waals surface area contributed by atoms with E-state index in [2.05, 4.69) is 19.2 Å². The highest BCUT2D eigenvalue weighted by Gasteiger charge is 2.10. The number of nitrogen functional groups attached to an aromatic ring is 1. The first kappa shape index (κ1) is 15.5. The summed E-state index contributed by atoms with van der Waals surface area (Å²) in [6.07, 6.45) is 1.12. The topological polar surface area (TPSA) is 58.4 Å². The van der Waals surface area contributed by atoms with Gasteiger partial charge in [-0.1, -0.05) is 26.3 Å². The van der Waals surface area contributed by atoms with Crippen LogP contribution in [0, 0.1) is 12.8 Å². The number of nitrogens with zero attached hydrogens (tertiary/aromatic N) is 1. The maximum atomic E-state index is 11.9. The van der Waals surface area contributed by atoms with Crippen molar-refractivity contribution in [3.63, 3.8) is 0 Å². The summed E-state index contributed by atoms with van der Waals surface area (Å²) in [7, 11) is 1.96. The minimum Gasteiger partial charge on any atom is -0.397 e. The summed E-state index contributed by atoms with van der Waals surface area (Å²) in [5, 5.41) is 2.85. The highest BCUT2D eigenvalue weighted by Crippen LogP contribution is 2.19. The second-order valence-corrected chi connectivity index (χ2v) is 5.35. The molecule has 19 heavy (non-hydrogen) atoms. The Kier molecular flexibility index (Phi) is 5.83. The van der Waals surface area contributed by atoms with E-state index in [1.54, 1.807) is 0 Å². The first-order valence-corrected chi connectivity index (χ1v) is 6.77. The van der Waals surface area contributed by atoms with Crippen LogP contribution in [0.3, 0.4) is 0 Å². The maximum Gasteiger partial charge on any atom is 0.238 e. The minimum atomic E-state index is -0.0265. The van der Waals surface area contributed by atoms with E-state index < -0.39 is 0 Å². The van der Waals surface area contributed by atoms with E-state index in [4.69, 9.17) is 5.73 Å². The molecule has 0 spiro atoms. The zero-order valence-corrected chi connectivity index (χ0v) is 12.4. The lowest BCUT2D eigenvalue weighted by Crippen LogP contribution is -2.33. The molecule has 0 radical (unpaired) electrons. The molecule has 106 valence electrons. The van der Waals surface area contributed by atoms with Gasteiger partial charge in [0.1, 0.15) is 0 Å². The van der Waals surface area contributed by atoms with E-state index in [1.165, 1.54) is 0 Å². The van der Waals surface area contributed by atoms with Crippen molar-refractivity contribution < 1.29 is 4.79 Å². The first-order chi connectivity index (χ1) is 8.92. The van der Waals surface area contributed by atoms with Crippen molar-refractivity contribution in [2.24, 2.45) is 5.92 Å². The molecule has 1 aromatic carbocycles. The number of benzene rings is 1. The van der Waals surface area contributed by atoms with Gasteiger partial charge in [-0.25, -0.2) is 0 Å². The van der Waals surface area contributed by atoms with E-state index in [-0.39, 0.29) is 5.91 Å². The highest BCUT2D eigenvalue weighted by atomic mass is 16.2. The molecule has 0 saturated carbocycles. The predicted octanol–water partition coefficient (Wildman–Crippen LogP) is 2.49. The fourth-order valence-electron chi connectivity index (χ4n) is 1.96. The summed E-state index contributed by atoms with van der Waals surface area (Å²) in [6.45, 7) is 7.63. The number of aryl methyl sites for hydroxylation is 1. The van der Waals surface area contributed by atoms with Crippen LogP contribution in [0.15, 0.2) is 18.2 Å². The number of hydrogen-bond donors (Lipinski definition) is 2. The van der Waals surface area contributed by atoms with Gasteiger partial charge in [-0.3, -0.25) is 9.69 Å². The fourth-order valence-corrected chi connectivity index (χ4v) is 1.96. The van der Waals surface area contributed by atoms with Crippen molar-refractivity contribution in [3.8, 4) is 0 Å². The fraction of sp³-hybridized carbons (Fsp3) is 0.533. The number of nitrogens with two attached hydrogens (primary N) is 1. The van der Waals surface area contributed by atoms with Gasteiger partial charge < -0.3 is 11.1 Å². The van der Waals surface area contributed by atoms with Gasteiger partial charge in [-0.2, -0.15) is 0 Å². The Morgan fingerprint density at radius 2 is 2.16 bits per heavy atom. The third kappa shape index (κ3) is 5.30. The van der Waals surface area contributed by atoms with Crippen molar-refractivity contribution in [1.29, 1.82) is 0 Å². The average molecular weight is 263 g/mol. The van der Waals surface area contributed by atoms with E-state index in [9.17, 15) is 4.79 Å². The predicted molar refractivity (Wildman–Crippen MR) is 81.2 cm³/mol. The van der Waals surface area contributed by atoms with Crippen LogP contribution < -0.4 is 11.1 Å². The number of rotatable bonds is 6. The molecule has 0 saturated heterocycles. The number of anilines is 2. The minimum absolute atomic E-state index is 0.0265. The van der Waals surface area contributed by atoms with E-state index >= 15 is 0 Å². The van der Waals surface area contributed by atoms with Crippen molar-refractivity contribution >= 4 is 17.3 Å². The molecule has 0 aliphatic rings. The van der Waals surface area contributed by atoms with E-state index in [0.717, 1.165) is 18.5 Å². The van der Waals surface area contributed by atoms with Gasteiger partial charge >= 0.3 is 0 Å². The monoisotopic (exact) mass is 263 g/mol. The summed E-state index contributed by atoms with van der Waals surface area (Å²) < 4.78 is 0. The summed E-state index contributed by atoms with van der Waals surface area (Å²) in [6, 6.07) is 5.64. The number of carbonyl (C=O) groups is 1. The largest absolute Gasteiger partial charge is 0.397 e. The van der Waals surface area contributed by atoms with Crippen LogP contribution in [-0.4, -0.2) is 30.9 Å². The van der Waals surface area contributed by atoms with Crippen molar-refractivity contribution in [3.05, 3.63) is 23.8 Å². The molecule has 1 atom stereocenters. The van der Waals surface area contributed by atoms with Gasteiger partial charge in [0.25, 0.3) is 0 Å². The Morgan fingerprint density at radius 3 is 2.74 bits per heavy atom. The molecular formula is C15H25N3O. The molecule has 1 aromatic rings. The molecule has 1 rings (SSSR count). The van der Waals surface area contributed by atoms with Crippen LogP contribution in [0.5, 0.6) is 0 Å². The number of likely N-dealkylation sites (N-methyl/N-ethyl adjacent to an activating group) is 1. The molecule has 0 fully saturated rings. The quantitative estimate of drug-likeness (QED) is 0.775. The molecule has 4 nitrogen and oxygen atoms in total. The third-order valence-electron chi connectivity index (χ3n) is 3.21. The van der Waals surface area contributed by atoms with Gasteiger partial charge in [-0.15, -0.1) is 0 Å². The normalized spacial score (nSPS) is 12.5. The molecule has 0 aliphatic heterocycles. The first-order valence-electron chi connectivity index (χ1n) is 6.77. The van der Waals surface area contributed by atoms with Crippen LogP contribution in [0.25, 0.3) is 0 Å². The number of nitrogens with one attached hydrogen (secondary N) is 1. The standard InChI is InChI=1S/C15H25N3O/c1-5-11(2)9-18(4)10-15(19)17-14-7-6-12(3)8-13(14)16/h6-8,11H,5,9-10,16H2,1-4H3,(H,17,19). The molecule has 1 unspecified atom stereocenters. The molecule has 1 amide bonds. The van der Waals surface area contributed by atoms with Gasteiger partial charge in [0.05, 0.1) is 17.9 Å². The molecular weight excluding hydrogens is 238 g/mol. The maximum absolute atomic E-state index is 11.9. The molecule has 3 N–H and O–H groups in total. The summed E-state index contributed by atoms with van der Waals surface area (Å²) in [5.74, 6) is 0.573. The van der Waals surface area contributed by atoms with Crippen LogP contribution in [0.2, 0.25) is 0 Å². The third-order valence-corrected chi connectivity index (χ3v) is 3.21. The lowest BCUT2D eigenvalue weighted by Gasteiger charge is -2.20. The second kappa shape index (κ2) is 7.14. The van der Waals surface area contributed by atoms with Crippen molar-refractivity contribution in [1.82, 2.24) is 4.90 Å². The SMILES string of the molecule is CCC(C)CN(C)CC(=O)Nc1ccc(C)cc1N. The number of carbonyl (C=O) groups excluding carboxylic acids is 1. The van der Waals surface area contributed by atoms with Crippen LogP contribution in [0.4, 0.5) is 11.4 Å². The number of amides is 1. The Morgan fingerprint density at radius 1 is 1.47 bits per heavy atom. The van der Waals surface area contributed by atoms with Crippen LogP contribution in [-0.2, 0) is 4.79 Å². The summed E-state index contributed by atoms with van der Waals surface area (Å²) in [4.78, 5) is 14.0. The van der Waals surface area contributed by atoms with E-state index in [1.807, 2.05) is 37.1 Å². The lowest BCUT2D eigenvalue weighted by atomic mass is 10.1. The van der Waals surface area contributed by atoms with Crippen LogP contribution in [0.1, 0.15) is 25.8 Å². The summed E-state index contributed by atoms with van der Waals surface area (Å²) in [5.41, 5.74) is 8.26. The van der Waals surface area contributed by atoms with Crippen molar-refractivity contribution in [2.75, 3.05) is 31.2 Å².